The molecule has 2 N–H and O–H groups in total. The molecule has 0 atom stereocenters. The lowest BCUT2D eigenvalue weighted by molar-refractivity contribution is -0.125. The number of rotatable bonds is 3. The monoisotopic (exact) mass is 223 g/mol. The number of hydrogen-bond acceptors (Lipinski definition) is 2. The fourth-order valence-corrected chi connectivity index (χ4v) is 3.35. The molecule has 0 aromatic heterocycles. The van der Waals surface area contributed by atoms with Crippen LogP contribution in [-0.2, 0) is 4.79 Å². The van der Waals surface area contributed by atoms with Crippen molar-refractivity contribution >= 4 is 5.78 Å². The predicted molar refractivity (Wildman–Crippen MR) is 66.2 cm³/mol. The molecule has 0 amide bonds. The van der Waals surface area contributed by atoms with Crippen molar-refractivity contribution < 1.29 is 4.79 Å². The summed E-state index contributed by atoms with van der Waals surface area (Å²) >= 11 is 0. The Bertz CT molecular complexity index is 237. The summed E-state index contributed by atoms with van der Waals surface area (Å²) in [6, 6.07) is 0. The quantitative estimate of drug-likeness (QED) is 0.798. The molecule has 0 aliphatic heterocycles. The first-order valence-electron chi connectivity index (χ1n) is 7.01. The largest absolute Gasteiger partial charge is 0.325 e. The fourth-order valence-electron chi connectivity index (χ4n) is 3.35. The van der Waals surface area contributed by atoms with Crippen LogP contribution in [0, 0.1) is 5.92 Å². The summed E-state index contributed by atoms with van der Waals surface area (Å²) in [4.78, 5) is 12.2. The van der Waals surface area contributed by atoms with Gasteiger partial charge < -0.3 is 5.73 Å². The van der Waals surface area contributed by atoms with Gasteiger partial charge in [0, 0.05) is 17.9 Å². The first-order valence-corrected chi connectivity index (χ1v) is 7.01. The van der Waals surface area contributed by atoms with Crippen LogP contribution in [-0.4, -0.2) is 11.3 Å². The Balaban J connectivity index is 1.85. The normalized spacial score (nSPS) is 26.6. The minimum absolute atomic E-state index is 0.146. The maximum Gasteiger partial charge on any atom is 0.137 e. The summed E-state index contributed by atoms with van der Waals surface area (Å²) in [5.74, 6) is 0.806. The molecule has 2 aliphatic rings. The Hall–Kier alpha value is -0.370. The molecule has 0 radical (unpaired) electrons. The molecule has 0 spiro atoms. The van der Waals surface area contributed by atoms with Crippen molar-refractivity contribution in [3.8, 4) is 0 Å². The summed E-state index contributed by atoms with van der Waals surface area (Å²) < 4.78 is 0. The predicted octanol–water partition coefficient (Wildman–Crippen LogP) is 3.19. The first kappa shape index (κ1) is 12.1. The minimum Gasteiger partial charge on any atom is -0.325 e. The summed E-state index contributed by atoms with van der Waals surface area (Å²) in [6.07, 6.45) is 12.6. The van der Waals surface area contributed by atoms with E-state index >= 15 is 0 Å². The highest BCUT2D eigenvalue weighted by Crippen LogP contribution is 2.32. The zero-order valence-corrected chi connectivity index (χ0v) is 10.3. The second-order valence-electron chi connectivity index (χ2n) is 5.90. The standard InChI is InChI=1S/C14H25NO/c15-14(9-5-2-6-10-14)11-13(16)12-7-3-1-4-8-12/h12H,1-11,15H2. The lowest BCUT2D eigenvalue weighted by Gasteiger charge is -2.34. The van der Waals surface area contributed by atoms with Gasteiger partial charge in [-0.15, -0.1) is 0 Å². The molecule has 2 heteroatoms. The van der Waals surface area contributed by atoms with E-state index < -0.39 is 0 Å². The Kier molecular flexibility index (Phi) is 4.01. The van der Waals surface area contributed by atoms with Gasteiger partial charge in [-0.05, 0) is 25.7 Å². The third-order valence-corrected chi connectivity index (χ3v) is 4.44. The highest BCUT2D eigenvalue weighted by atomic mass is 16.1. The summed E-state index contributed by atoms with van der Waals surface area (Å²) in [7, 11) is 0. The van der Waals surface area contributed by atoms with Crippen LogP contribution in [0.3, 0.4) is 0 Å². The van der Waals surface area contributed by atoms with Crippen molar-refractivity contribution in [1.82, 2.24) is 0 Å². The molecule has 92 valence electrons. The van der Waals surface area contributed by atoms with Gasteiger partial charge in [0.15, 0.2) is 0 Å². The van der Waals surface area contributed by atoms with Gasteiger partial charge in [-0.2, -0.15) is 0 Å². The van der Waals surface area contributed by atoms with Gasteiger partial charge in [-0.1, -0.05) is 38.5 Å². The van der Waals surface area contributed by atoms with Crippen LogP contribution in [0.2, 0.25) is 0 Å². The Labute approximate surface area is 99.0 Å². The van der Waals surface area contributed by atoms with Crippen molar-refractivity contribution in [2.45, 2.75) is 76.2 Å². The van der Waals surface area contributed by atoms with Crippen molar-refractivity contribution in [3.63, 3.8) is 0 Å². The zero-order chi connectivity index (χ0) is 11.4. The van der Waals surface area contributed by atoms with Crippen LogP contribution in [0.1, 0.15) is 70.6 Å². The lowest BCUT2D eigenvalue weighted by atomic mass is 9.75. The van der Waals surface area contributed by atoms with Gasteiger partial charge in [-0.3, -0.25) is 4.79 Å². The highest BCUT2D eigenvalue weighted by Gasteiger charge is 2.32. The number of ketones is 1. The van der Waals surface area contributed by atoms with E-state index in [9.17, 15) is 4.79 Å². The van der Waals surface area contributed by atoms with Crippen LogP contribution in [0.4, 0.5) is 0 Å². The maximum absolute atomic E-state index is 12.2. The van der Waals surface area contributed by atoms with E-state index in [4.69, 9.17) is 5.73 Å². The average molecular weight is 223 g/mol. The number of hydrogen-bond donors (Lipinski definition) is 1. The number of Topliss-reactive ketones (excluding diaryl/α,β-unsaturated/α-hetero) is 1. The Morgan fingerprint density at radius 2 is 1.56 bits per heavy atom. The third kappa shape index (κ3) is 3.07. The topological polar surface area (TPSA) is 43.1 Å². The number of carbonyl (C=O) groups is 1. The molecule has 0 aromatic carbocycles. The van der Waals surface area contributed by atoms with E-state index in [-0.39, 0.29) is 5.54 Å². The second kappa shape index (κ2) is 5.31. The van der Waals surface area contributed by atoms with Gasteiger partial charge in [0.1, 0.15) is 5.78 Å². The minimum atomic E-state index is -0.146. The molecule has 0 unspecified atom stereocenters. The highest BCUT2D eigenvalue weighted by molar-refractivity contribution is 5.82. The van der Waals surface area contributed by atoms with Crippen LogP contribution in [0.5, 0.6) is 0 Å². The molecule has 2 aliphatic carbocycles. The van der Waals surface area contributed by atoms with E-state index in [1.54, 1.807) is 0 Å². The van der Waals surface area contributed by atoms with Crippen LogP contribution < -0.4 is 5.73 Å². The van der Waals surface area contributed by atoms with E-state index in [2.05, 4.69) is 0 Å². The average Bonchev–Trinajstić information content (AvgIpc) is 2.30. The van der Waals surface area contributed by atoms with Gasteiger partial charge in [0.05, 0.1) is 0 Å². The van der Waals surface area contributed by atoms with E-state index in [0.29, 0.717) is 18.1 Å². The van der Waals surface area contributed by atoms with Crippen molar-refractivity contribution in [1.29, 1.82) is 0 Å². The molecule has 0 bridgehead atoms. The fraction of sp³-hybridized carbons (Fsp3) is 0.929. The molecular formula is C14H25NO. The van der Waals surface area contributed by atoms with E-state index in [1.165, 1.54) is 38.5 Å². The third-order valence-electron chi connectivity index (χ3n) is 4.44. The van der Waals surface area contributed by atoms with Gasteiger partial charge in [0.25, 0.3) is 0 Å². The molecule has 0 aromatic rings. The van der Waals surface area contributed by atoms with Gasteiger partial charge in [0.2, 0.25) is 0 Å². The van der Waals surface area contributed by atoms with Crippen molar-refractivity contribution in [2.75, 3.05) is 0 Å². The molecule has 2 rings (SSSR count). The second-order valence-corrected chi connectivity index (χ2v) is 5.90. The molecular weight excluding hydrogens is 198 g/mol. The first-order chi connectivity index (χ1) is 7.70. The molecule has 0 saturated heterocycles. The summed E-state index contributed by atoms with van der Waals surface area (Å²) in [5.41, 5.74) is 6.20. The Morgan fingerprint density at radius 1 is 1.00 bits per heavy atom. The van der Waals surface area contributed by atoms with Crippen LogP contribution in [0.25, 0.3) is 0 Å². The molecule has 16 heavy (non-hydrogen) atoms. The van der Waals surface area contributed by atoms with Gasteiger partial charge in [-0.25, -0.2) is 0 Å². The molecule has 2 saturated carbocycles. The zero-order valence-electron chi connectivity index (χ0n) is 10.3. The molecule has 2 nitrogen and oxygen atoms in total. The van der Waals surface area contributed by atoms with E-state index in [1.807, 2.05) is 0 Å². The van der Waals surface area contributed by atoms with Crippen molar-refractivity contribution in [3.05, 3.63) is 0 Å². The molecule has 0 heterocycles. The van der Waals surface area contributed by atoms with Crippen molar-refractivity contribution in [2.24, 2.45) is 11.7 Å². The Morgan fingerprint density at radius 3 is 2.19 bits per heavy atom. The van der Waals surface area contributed by atoms with Crippen LogP contribution in [0.15, 0.2) is 0 Å². The summed E-state index contributed by atoms with van der Waals surface area (Å²) in [6.45, 7) is 0. The number of carbonyl (C=O) groups excluding carboxylic acids is 1. The smallest absolute Gasteiger partial charge is 0.137 e. The molecule has 2 fully saturated rings. The van der Waals surface area contributed by atoms with Crippen LogP contribution >= 0.6 is 0 Å². The lowest BCUT2D eigenvalue weighted by Crippen LogP contribution is -2.44. The van der Waals surface area contributed by atoms with E-state index in [0.717, 1.165) is 25.7 Å². The number of nitrogens with two attached hydrogens (primary N) is 1. The van der Waals surface area contributed by atoms with Gasteiger partial charge >= 0.3 is 0 Å². The SMILES string of the molecule is NC1(CC(=O)C2CCCCC2)CCCCC1. The maximum atomic E-state index is 12.2. The summed E-state index contributed by atoms with van der Waals surface area (Å²) in [5, 5.41) is 0.